The SMILES string of the molecule is C=C1C(O)C2OC(=O)C(C)C2CC2C1CCC2(C)O. The van der Waals surface area contributed by atoms with Gasteiger partial charge in [0.15, 0.2) is 0 Å². The van der Waals surface area contributed by atoms with Gasteiger partial charge >= 0.3 is 5.97 Å². The Morgan fingerprint density at radius 3 is 2.84 bits per heavy atom. The Morgan fingerprint density at radius 1 is 1.47 bits per heavy atom. The van der Waals surface area contributed by atoms with Gasteiger partial charge in [-0.3, -0.25) is 4.79 Å². The van der Waals surface area contributed by atoms with Crippen molar-refractivity contribution in [2.24, 2.45) is 23.7 Å². The van der Waals surface area contributed by atoms with E-state index in [1.165, 1.54) is 0 Å². The summed E-state index contributed by atoms with van der Waals surface area (Å²) in [4.78, 5) is 11.7. The molecule has 7 unspecified atom stereocenters. The Balaban J connectivity index is 1.98. The number of esters is 1. The van der Waals surface area contributed by atoms with Crippen LogP contribution in [0.25, 0.3) is 0 Å². The Hall–Kier alpha value is -0.870. The van der Waals surface area contributed by atoms with E-state index in [0.29, 0.717) is 0 Å². The molecule has 106 valence electrons. The number of aliphatic hydroxyl groups is 2. The van der Waals surface area contributed by atoms with Crippen molar-refractivity contribution in [2.75, 3.05) is 0 Å². The summed E-state index contributed by atoms with van der Waals surface area (Å²) in [5, 5.41) is 21.0. The minimum atomic E-state index is -0.789. The van der Waals surface area contributed by atoms with Crippen LogP contribution in [0.1, 0.15) is 33.1 Å². The number of hydrogen-bond donors (Lipinski definition) is 2. The first-order chi connectivity index (χ1) is 8.83. The van der Waals surface area contributed by atoms with Gasteiger partial charge in [-0.1, -0.05) is 13.5 Å². The summed E-state index contributed by atoms with van der Waals surface area (Å²) in [5.74, 6) is -0.248. The molecule has 0 aromatic carbocycles. The van der Waals surface area contributed by atoms with Gasteiger partial charge in [-0.05, 0) is 43.6 Å². The number of aliphatic hydroxyl groups excluding tert-OH is 1. The first-order valence-electron chi connectivity index (χ1n) is 7.12. The van der Waals surface area contributed by atoms with Crippen molar-refractivity contribution in [1.29, 1.82) is 0 Å². The molecule has 4 nitrogen and oxygen atoms in total. The monoisotopic (exact) mass is 266 g/mol. The number of fused-ring (bicyclic) bond motifs is 2. The molecule has 3 aliphatic rings. The lowest BCUT2D eigenvalue weighted by Crippen LogP contribution is -2.34. The smallest absolute Gasteiger partial charge is 0.309 e. The Bertz CT molecular complexity index is 428. The van der Waals surface area contributed by atoms with E-state index >= 15 is 0 Å². The second kappa shape index (κ2) is 4.06. The van der Waals surface area contributed by atoms with Gasteiger partial charge in [0.2, 0.25) is 0 Å². The zero-order chi connectivity index (χ0) is 13.9. The minimum Gasteiger partial charge on any atom is -0.459 e. The summed E-state index contributed by atoms with van der Waals surface area (Å²) >= 11 is 0. The highest BCUT2D eigenvalue weighted by Gasteiger charge is 2.56. The van der Waals surface area contributed by atoms with Crippen LogP contribution in [0.2, 0.25) is 0 Å². The first kappa shape index (κ1) is 13.1. The summed E-state index contributed by atoms with van der Waals surface area (Å²) in [6.07, 6.45) is 1.05. The van der Waals surface area contributed by atoms with Crippen LogP contribution in [-0.4, -0.2) is 34.0 Å². The van der Waals surface area contributed by atoms with Crippen molar-refractivity contribution in [3.8, 4) is 0 Å². The summed E-state index contributed by atoms with van der Waals surface area (Å²) in [6.45, 7) is 7.74. The summed E-state index contributed by atoms with van der Waals surface area (Å²) in [6, 6.07) is 0. The molecule has 1 saturated heterocycles. The fraction of sp³-hybridized carbons (Fsp3) is 0.800. The van der Waals surface area contributed by atoms with E-state index in [1.807, 2.05) is 13.8 Å². The van der Waals surface area contributed by atoms with Crippen LogP contribution in [0.15, 0.2) is 12.2 Å². The fourth-order valence-corrected chi connectivity index (χ4v) is 4.28. The molecule has 1 aliphatic heterocycles. The molecule has 2 saturated carbocycles. The maximum Gasteiger partial charge on any atom is 0.309 e. The molecular formula is C15H22O4. The lowest BCUT2D eigenvalue weighted by Gasteiger charge is -2.30. The third kappa shape index (κ3) is 1.77. The third-order valence-corrected chi connectivity index (χ3v) is 5.63. The molecule has 1 heterocycles. The van der Waals surface area contributed by atoms with Crippen LogP contribution in [-0.2, 0) is 9.53 Å². The number of carbonyl (C=O) groups is 1. The van der Waals surface area contributed by atoms with E-state index in [-0.39, 0.29) is 29.6 Å². The fourth-order valence-electron chi connectivity index (χ4n) is 4.28. The highest BCUT2D eigenvalue weighted by molar-refractivity contribution is 5.75. The van der Waals surface area contributed by atoms with E-state index in [1.54, 1.807) is 0 Å². The standard InChI is InChI=1S/C15H22O4/c1-7-9-4-5-15(3,18)11(9)6-10-8(2)14(17)19-13(10)12(7)16/h8-13,16,18H,1,4-6H2,2-3H3. The zero-order valence-electron chi connectivity index (χ0n) is 11.5. The third-order valence-electron chi connectivity index (χ3n) is 5.63. The highest BCUT2D eigenvalue weighted by atomic mass is 16.6. The molecule has 0 aromatic heterocycles. The van der Waals surface area contributed by atoms with E-state index in [2.05, 4.69) is 6.58 Å². The predicted octanol–water partition coefficient (Wildman–Crippen LogP) is 1.26. The van der Waals surface area contributed by atoms with Crippen molar-refractivity contribution in [3.05, 3.63) is 12.2 Å². The van der Waals surface area contributed by atoms with Crippen LogP contribution >= 0.6 is 0 Å². The van der Waals surface area contributed by atoms with Crippen LogP contribution in [0.3, 0.4) is 0 Å². The molecule has 2 N–H and O–H groups in total. The second-order valence-corrected chi connectivity index (χ2v) is 6.72. The van der Waals surface area contributed by atoms with Gasteiger partial charge in [-0.25, -0.2) is 0 Å². The average Bonchev–Trinajstić information content (AvgIpc) is 2.76. The van der Waals surface area contributed by atoms with Gasteiger partial charge in [0.25, 0.3) is 0 Å². The molecule has 0 bridgehead atoms. The van der Waals surface area contributed by atoms with Crippen molar-refractivity contribution in [1.82, 2.24) is 0 Å². The first-order valence-corrected chi connectivity index (χ1v) is 7.12. The van der Waals surface area contributed by atoms with Crippen LogP contribution in [0.4, 0.5) is 0 Å². The number of hydrogen-bond acceptors (Lipinski definition) is 4. The summed E-state index contributed by atoms with van der Waals surface area (Å²) in [5.41, 5.74) is 0.00490. The lowest BCUT2D eigenvalue weighted by molar-refractivity contribution is -0.146. The number of ether oxygens (including phenoxy) is 1. The van der Waals surface area contributed by atoms with Gasteiger partial charge in [0, 0.05) is 5.92 Å². The van der Waals surface area contributed by atoms with E-state index in [4.69, 9.17) is 4.74 Å². The van der Waals surface area contributed by atoms with Crippen molar-refractivity contribution in [2.45, 2.75) is 50.9 Å². The number of carbonyl (C=O) groups excluding carboxylic acids is 1. The molecule has 3 rings (SSSR count). The van der Waals surface area contributed by atoms with Crippen molar-refractivity contribution < 1.29 is 19.7 Å². The lowest BCUT2D eigenvalue weighted by atomic mass is 9.77. The maximum absolute atomic E-state index is 11.7. The zero-order valence-corrected chi connectivity index (χ0v) is 11.5. The molecule has 0 aromatic rings. The van der Waals surface area contributed by atoms with E-state index in [9.17, 15) is 15.0 Å². The molecule has 2 aliphatic carbocycles. The average molecular weight is 266 g/mol. The normalized spacial score (nSPS) is 53.5. The van der Waals surface area contributed by atoms with Crippen LogP contribution in [0, 0.1) is 23.7 Å². The molecule has 0 radical (unpaired) electrons. The molecule has 7 atom stereocenters. The van der Waals surface area contributed by atoms with E-state index in [0.717, 1.165) is 24.8 Å². The number of rotatable bonds is 0. The molecule has 0 spiro atoms. The maximum atomic E-state index is 11.7. The quantitative estimate of drug-likeness (QED) is 0.512. The highest BCUT2D eigenvalue weighted by Crippen LogP contribution is 2.53. The predicted molar refractivity (Wildman–Crippen MR) is 69.1 cm³/mol. The molecular weight excluding hydrogens is 244 g/mol. The van der Waals surface area contributed by atoms with Crippen LogP contribution in [0.5, 0.6) is 0 Å². The minimum absolute atomic E-state index is 0.0150. The topological polar surface area (TPSA) is 66.8 Å². The van der Waals surface area contributed by atoms with Gasteiger partial charge in [-0.2, -0.15) is 0 Å². The van der Waals surface area contributed by atoms with Gasteiger partial charge < -0.3 is 14.9 Å². The Labute approximate surface area is 113 Å². The van der Waals surface area contributed by atoms with Gasteiger partial charge in [0.05, 0.1) is 11.5 Å². The summed E-state index contributed by atoms with van der Waals surface area (Å²) in [7, 11) is 0. The van der Waals surface area contributed by atoms with Crippen molar-refractivity contribution >= 4 is 5.97 Å². The van der Waals surface area contributed by atoms with Gasteiger partial charge in [-0.15, -0.1) is 0 Å². The Kier molecular flexibility index (Phi) is 2.81. The molecule has 19 heavy (non-hydrogen) atoms. The van der Waals surface area contributed by atoms with Gasteiger partial charge in [0.1, 0.15) is 12.2 Å². The summed E-state index contributed by atoms with van der Waals surface area (Å²) < 4.78 is 5.34. The molecule has 4 heteroatoms. The largest absolute Gasteiger partial charge is 0.459 e. The molecule has 3 fully saturated rings. The van der Waals surface area contributed by atoms with E-state index < -0.39 is 17.8 Å². The van der Waals surface area contributed by atoms with Crippen molar-refractivity contribution in [3.63, 3.8) is 0 Å². The Morgan fingerprint density at radius 2 is 2.16 bits per heavy atom. The molecule has 0 amide bonds. The van der Waals surface area contributed by atoms with Crippen LogP contribution < -0.4 is 0 Å². The second-order valence-electron chi connectivity index (χ2n) is 6.72.